The first-order valence-electron chi connectivity index (χ1n) is 5.19. The van der Waals surface area contributed by atoms with Crippen molar-refractivity contribution in [2.45, 2.75) is 6.54 Å². The lowest BCUT2D eigenvalue weighted by atomic mass is 10.2. The molecule has 2 aromatic rings. The van der Waals surface area contributed by atoms with Crippen LogP contribution in [0.4, 0.5) is 14.5 Å². The van der Waals surface area contributed by atoms with Crippen LogP contribution in [0.2, 0.25) is 10.0 Å². The molecule has 2 aromatic carbocycles. The topological polar surface area (TPSA) is 12.0 Å². The van der Waals surface area contributed by atoms with Crippen LogP contribution in [0.25, 0.3) is 0 Å². The third kappa shape index (κ3) is 3.12. The molecule has 2 rings (SSSR count). The summed E-state index contributed by atoms with van der Waals surface area (Å²) < 4.78 is 25.7. The van der Waals surface area contributed by atoms with Gasteiger partial charge in [-0.15, -0.1) is 0 Å². The highest BCUT2D eigenvalue weighted by molar-refractivity contribution is 6.33. The molecule has 0 spiro atoms. The largest absolute Gasteiger partial charge is 0.380 e. The van der Waals surface area contributed by atoms with Gasteiger partial charge in [0.15, 0.2) is 0 Å². The van der Waals surface area contributed by atoms with E-state index in [-0.39, 0.29) is 10.8 Å². The number of benzene rings is 2. The maximum absolute atomic E-state index is 12.9. The third-order valence-electron chi connectivity index (χ3n) is 2.42. The first-order valence-corrected chi connectivity index (χ1v) is 5.95. The summed E-state index contributed by atoms with van der Waals surface area (Å²) in [4.78, 5) is 0. The van der Waals surface area contributed by atoms with Crippen LogP contribution in [-0.2, 0) is 6.54 Å². The Morgan fingerprint density at radius 1 is 0.889 bits per heavy atom. The Bertz CT molecular complexity index is 521. The summed E-state index contributed by atoms with van der Waals surface area (Å²) in [6.45, 7) is 0.379. The van der Waals surface area contributed by atoms with Crippen molar-refractivity contribution in [2.75, 3.05) is 5.32 Å². The average molecular weight is 288 g/mol. The van der Waals surface area contributed by atoms with Crippen molar-refractivity contribution in [1.29, 1.82) is 0 Å². The van der Waals surface area contributed by atoms with Gasteiger partial charge in [0.1, 0.15) is 11.6 Å². The number of halogens is 4. The Kier molecular flexibility index (Phi) is 4.04. The molecule has 0 radical (unpaired) electrons. The van der Waals surface area contributed by atoms with Crippen molar-refractivity contribution in [2.24, 2.45) is 0 Å². The molecule has 18 heavy (non-hydrogen) atoms. The van der Waals surface area contributed by atoms with Gasteiger partial charge in [0.2, 0.25) is 0 Å². The van der Waals surface area contributed by atoms with Crippen LogP contribution in [0.1, 0.15) is 5.56 Å². The quantitative estimate of drug-likeness (QED) is 0.848. The molecule has 1 nitrogen and oxygen atoms in total. The van der Waals surface area contributed by atoms with Crippen molar-refractivity contribution in [3.05, 3.63) is 63.6 Å². The molecule has 0 heterocycles. The molecule has 0 saturated heterocycles. The Morgan fingerprint density at radius 3 is 2.11 bits per heavy atom. The normalized spacial score (nSPS) is 10.4. The van der Waals surface area contributed by atoms with Gasteiger partial charge in [-0.2, -0.15) is 0 Å². The molecule has 0 amide bonds. The minimum absolute atomic E-state index is 0.285. The van der Waals surface area contributed by atoms with Crippen LogP contribution < -0.4 is 5.32 Å². The summed E-state index contributed by atoms with van der Waals surface area (Å²) in [7, 11) is 0. The van der Waals surface area contributed by atoms with Crippen LogP contribution in [0.15, 0.2) is 36.4 Å². The number of nitrogens with one attached hydrogen (secondary N) is 1. The number of hydrogen-bond donors (Lipinski definition) is 1. The van der Waals surface area contributed by atoms with E-state index >= 15 is 0 Å². The van der Waals surface area contributed by atoms with Crippen LogP contribution in [-0.4, -0.2) is 0 Å². The SMILES string of the molecule is Fc1ccc(CNc2ccc(F)cc2Cl)c(Cl)c1. The molecule has 0 aliphatic carbocycles. The van der Waals surface area contributed by atoms with Crippen molar-refractivity contribution in [1.82, 2.24) is 0 Å². The monoisotopic (exact) mass is 287 g/mol. The lowest BCUT2D eigenvalue weighted by Gasteiger charge is -2.09. The van der Waals surface area contributed by atoms with Crippen molar-refractivity contribution in [3.63, 3.8) is 0 Å². The molecular formula is C13H9Cl2F2N. The molecule has 0 unspecified atom stereocenters. The molecule has 5 heteroatoms. The van der Waals surface area contributed by atoms with Gasteiger partial charge in [0, 0.05) is 11.6 Å². The lowest BCUT2D eigenvalue weighted by Crippen LogP contribution is -2.01. The highest BCUT2D eigenvalue weighted by atomic mass is 35.5. The maximum atomic E-state index is 12.9. The van der Waals surface area contributed by atoms with Crippen LogP contribution >= 0.6 is 23.2 Å². The fourth-order valence-corrected chi connectivity index (χ4v) is 1.96. The maximum Gasteiger partial charge on any atom is 0.124 e. The predicted octanol–water partition coefficient (Wildman–Crippen LogP) is 4.88. The highest BCUT2D eigenvalue weighted by Gasteiger charge is 2.04. The van der Waals surface area contributed by atoms with E-state index in [1.807, 2.05) is 0 Å². The summed E-state index contributed by atoms with van der Waals surface area (Å²) in [6.07, 6.45) is 0. The molecule has 0 saturated carbocycles. The first-order chi connectivity index (χ1) is 8.56. The minimum atomic E-state index is -0.398. The summed E-state index contributed by atoms with van der Waals surface area (Å²) >= 11 is 11.8. The first kappa shape index (κ1) is 13.1. The summed E-state index contributed by atoms with van der Waals surface area (Å²) in [5, 5.41) is 3.63. The molecular weight excluding hydrogens is 279 g/mol. The average Bonchev–Trinajstić information content (AvgIpc) is 2.30. The fraction of sp³-hybridized carbons (Fsp3) is 0.0769. The standard InChI is InChI=1S/C13H9Cl2F2N/c14-11-5-9(16)2-1-8(11)7-18-13-4-3-10(17)6-12(13)15/h1-6,18H,7H2. The summed E-state index contributed by atoms with van der Waals surface area (Å²) in [5.74, 6) is -0.783. The number of anilines is 1. The second-order valence-corrected chi connectivity index (χ2v) is 4.53. The summed E-state index contributed by atoms with van der Waals surface area (Å²) in [5.41, 5.74) is 1.33. The van der Waals surface area contributed by atoms with Gasteiger partial charge >= 0.3 is 0 Å². The highest BCUT2D eigenvalue weighted by Crippen LogP contribution is 2.24. The van der Waals surface area contributed by atoms with E-state index in [4.69, 9.17) is 23.2 Å². The second-order valence-electron chi connectivity index (χ2n) is 3.71. The van der Waals surface area contributed by atoms with Gasteiger partial charge in [-0.25, -0.2) is 8.78 Å². The Balaban J connectivity index is 2.11. The molecule has 1 N–H and O–H groups in total. The zero-order chi connectivity index (χ0) is 13.1. The van der Waals surface area contributed by atoms with Gasteiger partial charge in [0.05, 0.1) is 10.7 Å². The lowest BCUT2D eigenvalue weighted by molar-refractivity contribution is 0.627. The van der Waals surface area contributed by atoms with Crippen LogP contribution in [0.5, 0.6) is 0 Å². The molecule has 0 bridgehead atoms. The van der Waals surface area contributed by atoms with E-state index in [1.165, 1.54) is 30.3 Å². The molecule has 0 aliphatic rings. The van der Waals surface area contributed by atoms with Gasteiger partial charge in [0.25, 0.3) is 0 Å². The minimum Gasteiger partial charge on any atom is -0.380 e. The fourth-order valence-electron chi connectivity index (χ4n) is 1.49. The zero-order valence-corrected chi connectivity index (χ0v) is 10.7. The van der Waals surface area contributed by atoms with Crippen LogP contribution in [0.3, 0.4) is 0 Å². The molecule has 0 aromatic heterocycles. The van der Waals surface area contributed by atoms with Crippen molar-refractivity contribution < 1.29 is 8.78 Å². The van der Waals surface area contributed by atoms with Crippen molar-refractivity contribution in [3.8, 4) is 0 Å². The van der Waals surface area contributed by atoms with Crippen molar-refractivity contribution >= 4 is 28.9 Å². The van der Waals surface area contributed by atoms with Gasteiger partial charge in [-0.05, 0) is 35.9 Å². The molecule has 0 fully saturated rings. The smallest absolute Gasteiger partial charge is 0.124 e. The van der Waals surface area contributed by atoms with Gasteiger partial charge < -0.3 is 5.32 Å². The Labute approximate surface area is 113 Å². The second kappa shape index (κ2) is 5.55. The summed E-state index contributed by atoms with van der Waals surface area (Å²) in [6, 6.07) is 8.22. The van der Waals surface area contributed by atoms with Gasteiger partial charge in [-0.3, -0.25) is 0 Å². The molecule has 0 atom stereocenters. The van der Waals surface area contributed by atoms with E-state index < -0.39 is 5.82 Å². The Hall–Kier alpha value is -1.32. The van der Waals surface area contributed by atoms with Gasteiger partial charge in [-0.1, -0.05) is 29.3 Å². The zero-order valence-electron chi connectivity index (χ0n) is 9.18. The molecule has 0 aliphatic heterocycles. The molecule has 94 valence electrons. The number of rotatable bonds is 3. The van der Waals surface area contributed by atoms with E-state index in [2.05, 4.69) is 5.32 Å². The van der Waals surface area contributed by atoms with E-state index in [0.717, 1.165) is 5.56 Å². The third-order valence-corrected chi connectivity index (χ3v) is 3.08. The predicted molar refractivity (Wildman–Crippen MR) is 70.1 cm³/mol. The van der Waals surface area contributed by atoms with Crippen LogP contribution in [0, 0.1) is 11.6 Å². The van der Waals surface area contributed by atoms with E-state index in [1.54, 1.807) is 6.07 Å². The van der Waals surface area contributed by atoms with E-state index in [9.17, 15) is 8.78 Å². The number of hydrogen-bond acceptors (Lipinski definition) is 1. The Morgan fingerprint density at radius 2 is 1.50 bits per heavy atom. The van der Waals surface area contributed by atoms with E-state index in [0.29, 0.717) is 17.3 Å².